The van der Waals surface area contributed by atoms with Crippen molar-refractivity contribution in [2.75, 3.05) is 5.32 Å². The number of aromatic nitrogens is 1. The maximum absolute atomic E-state index is 11.7. The molecule has 0 bridgehead atoms. The minimum absolute atomic E-state index is 0.109. The molecule has 0 radical (unpaired) electrons. The predicted octanol–water partition coefficient (Wildman–Crippen LogP) is 2.53. The Bertz CT molecular complexity index is 672. The summed E-state index contributed by atoms with van der Waals surface area (Å²) in [6, 6.07) is 5.01. The van der Waals surface area contributed by atoms with Gasteiger partial charge in [0.25, 0.3) is 0 Å². The summed E-state index contributed by atoms with van der Waals surface area (Å²) in [5, 5.41) is 5.53. The second-order valence-electron chi connectivity index (χ2n) is 4.70. The highest BCUT2D eigenvalue weighted by Gasteiger charge is 2.10. The van der Waals surface area contributed by atoms with Crippen LogP contribution in [0.4, 0.5) is 10.5 Å². The molecule has 2 amide bonds. The molecule has 20 heavy (non-hydrogen) atoms. The normalized spacial score (nSPS) is 12.3. The number of carbonyl (C=O) groups excluding carboxylic acids is 1. The number of hydrogen-bond donors (Lipinski definition) is 2. The van der Waals surface area contributed by atoms with Crippen LogP contribution in [-0.4, -0.2) is 16.6 Å². The van der Waals surface area contributed by atoms with Crippen LogP contribution in [0.5, 0.6) is 0 Å². The largest absolute Gasteiger partial charge is 0.419 e. The van der Waals surface area contributed by atoms with E-state index in [1.54, 1.807) is 22.8 Å². The minimum atomic E-state index is -0.385. The van der Waals surface area contributed by atoms with E-state index in [1.165, 1.54) is 0 Å². The van der Waals surface area contributed by atoms with Crippen LogP contribution < -0.4 is 16.4 Å². The molecule has 1 heterocycles. The highest BCUT2D eigenvalue weighted by atomic mass is 16.4. The van der Waals surface area contributed by atoms with Gasteiger partial charge >= 0.3 is 11.8 Å². The van der Waals surface area contributed by atoms with E-state index in [9.17, 15) is 9.59 Å². The van der Waals surface area contributed by atoms with Crippen molar-refractivity contribution in [3.8, 4) is 0 Å². The van der Waals surface area contributed by atoms with E-state index in [1.807, 2.05) is 20.8 Å². The molecule has 2 rings (SSSR count). The van der Waals surface area contributed by atoms with E-state index in [-0.39, 0.29) is 17.8 Å². The minimum Gasteiger partial charge on any atom is -0.408 e. The van der Waals surface area contributed by atoms with E-state index in [4.69, 9.17) is 4.42 Å². The van der Waals surface area contributed by atoms with Gasteiger partial charge in [-0.3, -0.25) is 4.57 Å². The van der Waals surface area contributed by atoms with Crippen LogP contribution in [0.2, 0.25) is 0 Å². The lowest BCUT2D eigenvalue weighted by Crippen LogP contribution is -2.35. The van der Waals surface area contributed by atoms with Crippen molar-refractivity contribution >= 4 is 22.8 Å². The number of aryl methyl sites for hydroxylation is 1. The lowest BCUT2D eigenvalue weighted by molar-refractivity contribution is 0.249. The third-order valence-electron chi connectivity index (χ3n) is 3.23. The number of amides is 2. The Balaban J connectivity index is 2.20. The SMILES string of the molecule is CCC(C)NC(=O)Nc1ccc2c(c1)oc(=O)n2CC. The molecule has 0 aliphatic rings. The van der Waals surface area contributed by atoms with Gasteiger partial charge in [0.15, 0.2) is 5.58 Å². The van der Waals surface area contributed by atoms with Gasteiger partial charge in [-0.05, 0) is 32.4 Å². The molecule has 2 aromatic rings. The Hall–Kier alpha value is -2.24. The van der Waals surface area contributed by atoms with Gasteiger partial charge < -0.3 is 15.1 Å². The summed E-state index contributed by atoms with van der Waals surface area (Å²) in [6.45, 7) is 6.36. The third-order valence-corrected chi connectivity index (χ3v) is 3.23. The van der Waals surface area contributed by atoms with E-state index < -0.39 is 0 Å². The van der Waals surface area contributed by atoms with Gasteiger partial charge in [0, 0.05) is 24.3 Å². The first kappa shape index (κ1) is 14.2. The van der Waals surface area contributed by atoms with Crippen LogP contribution in [0.1, 0.15) is 27.2 Å². The first-order chi connectivity index (χ1) is 9.55. The van der Waals surface area contributed by atoms with Gasteiger partial charge in [-0.2, -0.15) is 0 Å². The number of oxazole rings is 1. The summed E-state index contributed by atoms with van der Waals surface area (Å²) >= 11 is 0. The van der Waals surface area contributed by atoms with Crippen molar-refractivity contribution in [3.05, 3.63) is 28.7 Å². The van der Waals surface area contributed by atoms with Crippen molar-refractivity contribution in [1.82, 2.24) is 9.88 Å². The topological polar surface area (TPSA) is 76.3 Å². The third kappa shape index (κ3) is 2.84. The molecule has 0 saturated heterocycles. The Kier molecular flexibility index (Phi) is 4.12. The van der Waals surface area contributed by atoms with Crippen LogP contribution in [0.25, 0.3) is 11.1 Å². The van der Waals surface area contributed by atoms with E-state index in [0.29, 0.717) is 17.8 Å². The second-order valence-corrected chi connectivity index (χ2v) is 4.70. The van der Waals surface area contributed by atoms with Gasteiger partial charge in [-0.1, -0.05) is 6.92 Å². The molecule has 0 aliphatic heterocycles. The maximum atomic E-state index is 11.7. The Morgan fingerprint density at radius 2 is 2.15 bits per heavy atom. The predicted molar refractivity (Wildman–Crippen MR) is 78.1 cm³/mol. The molecule has 1 unspecified atom stereocenters. The van der Waals surface area contributed by atoms with E-state index in [2.05, 4.69) is 10.6 Å². The van der Waals surface area contributed by atoms with Gasteiger partial charge in [0.1, 0.15) is 0 Å². The number of fused-ring (bicyclic) bond motifs is 1. The Morgan fingerprint density at radius 3 is 2.80 bits per heavy atom. The summed E-state index contributed by atoms with van der Waals surface area (Å²) in [5.74, 6) is -0.385. The Morgan fingerprint density at radius 1 is 1.40 bits per heavy atom. The second kappa shape index (κ2) is 5.81. The van der Waals surface area contributed by atoms with Crippen LogP contribution in [-0.2, 0) is 6.54 Å². The van der Waals surface area contributed by atoms with Gasteiger partial charge in [0.05, 0.1) is 5.52 Å². The standard InChI is InChI=1S/C14H19N3O3/c1-4-9(3)15-13(18)16-10-6-7-11-12(8-10)20-14(19)17(11)5-2/h6-9H,4-5H2,1-3H3,(H2,15,16,18). The summed E-state index contributed by atoms with van der Waals surface area (Å²) < 4.78 is 6.69. The molecular weight excluding hydrogens is 258 g/mol. The van der Waals surface area contributed by atoms with Crippen molar-refractivity contribution < 1.29 is 9.21 Å². The van der Waals surface area contributed by atoms with E-state index >= 15 is 0 Å². The first-order valence-corrected chi connectivity index (χ1v) is 6.76. The highest BCUT2D eigenvalue weighted by Crippen LogP contribution is 2.18. The molecule has 1 aromatic carbocycles. The fraction of sp³-hybridized carbons (Fsp3) is 0.429. The number of benzene rings is 1. The zero-order valence-electron chi connectivity index (χ0n) is 11.9. The summed E-state index contributed by atoms with van der Waals surface area (Å²) in [7, 11) is 0. The number of urea groups is 1. The van der Waals surface area contributed by atoms with Crippen LogP contribution >= 0.6 is 0 Å². The molecule has 108 valence electrons. The molecule has 6 heteroatoms. The molecule has 1 aromatic heterocycles. The molecule has 0 spiro atoms. The quantitative estimate of drug-likeness (QED) is 0.901. The number of rotatable bonds is 4. The highest BCUT2D eigenvalue weighted by molar-refractivity contribution is 5.91. The fourth-order valence-electron chi connectivity index (χ4n) is 1.94. The van der Waals surface area contributed by atoms with Crippen LogP contribution in [0.15, 0.2) is 27.4 Å². The van der Waals surface area contributed by atoms with Crippen LogP contribution in [0, 0.1) is 0 Å². The number of carbonyl (C=O) groups is 1. The average Bonchev–Trinajstić information content (AvgIpc) is 2.72. The fourth-order valence-corrected chi connectivity index (χ4v) is 1.94. The zero-order valence-corrected chi connectivity index (χ0v) is 11.9. The maximum Gasteiger partial charge on any atom is 0.419 e. The number of nitrogens with one attached hydrogen (secondary N) is 2. The summed E-state index contributed by atoms with van der Waals surface area (Å²) in [6.07, 6.45) is 0.862. The molecule has 1 atom stereocenters. The summed E-state index contributed by atoms with van der Waals surface area (Å²) in [5.41, 5.74) is 1.79. The zero-order chi connectivity index (χ0) is 14.7. The summed E-state index contributed by atoms with van der Waals surface area (Å²) in [4.78, 5) is 23.3. The lowest BCUT2D eigenvalue weighted by atomic mass is 10.2. The molecule has 0 aliphatic carbocycles. The number of hydrogen-bond acceptors (Lipinski definition) is 3. The van der Waals surface area contributed by atoms with E-state index in [0.717, 1.165) is 11.9 Å². The molecule has 0 fully saturated rings. The molecule has 0 saturated carbocycles. The van der Waals surface area contributed by atoms with Gasteiger partial charge in [-0.15, -0.1) is 0 Å². The van der Waals surface area contributed by atoms with Crippen molar-refractivity contribution in [1.29, 1.82) is 0 Å². The number of nitrogens with zero attached hydrogens (tertiary/aromatic N) is 1. The smallest absolute Gasteiger partial charge is 0.408 e. The molecular formula is C14H19N3O3. The van der Waals surface area contributed by atoms with Gasteiger partial charge in [-0.25, -0.2) is 9.59 Å². The van der Waals surface area contributed by atoms with Crippen LogP contribution in [0.3, 0.4) is 0 Å². The Labute approximate surface area is 116 Å². The first-order valence-electron chi connectivity index (χ1n) is 6.76. The van der Waals surface area contributed by atoms with Crippen molar-refractivity contribution in [2.24, 2.45) is 0 Å². The number of anilines is 1. The lowest BCUT2D eigenvalue weighted by Gasteiger charge is -2.12. The van der Waals surface area contributed by atoms with Gasteiger partial charge in [0.2, 0.25) is 0 Å². The monoisotopic (exact) mass is 277 g/mol. The average molecular weight is 277 g/mol. The van der Waals surface area contributed by atoms with Crippen molar-refractivity contribution in [2.45, 2.75) is 39.8 Å². The van der Waals surface area contributed by atoms with Crippen molar-refractivity contribution in [3.63, 3.8) is 0 Å². The molecule has 2 N–H and O–H groups in total. The molecule has 6 nitrogen and oxygen atoms in total.